The molecule has 2 nitrogen and oxygen atoms in total. The van der Waals surface area contributed by atoms with Gasteiger partial charge in [-0.2, -0.15) is 0 Å². The summed E-state index contributed by atoms with van der Waals surface area (Å²) >= 11 is 0. The molecule has 0 aliphatic rings. The first-order valence-corrected chi connectivity index (χ1v) is 8.55. The summed E-state index contributed by atoms with van der Waals surface area (Å²) in [5, 5.41) is 0. The van der Waals surface area contributed by atoms with Gasteiger partial charge >= 0.3 is 0 Å². The van der Waals surface area contributed by atoms with E-state index < -0.39 is 0 Å². The van der Waals surface area contributed by atoms with Crippen molar-refractivity contribution in [1.29, 1.82) is 0 Å². The zero-order chi connectivity index (χ0) is 15.5. The number of carbonyl (C=O) groups is 1. The van der Waals surface area contributed by atoms with Crippen molar-refractivity contribution < 1.29 is 4.79 Å². The highest BCUT2D eigenvalue weighted by atomic mass is 16.1. The zero-order valence-electron chi connectivity index (χ0n) is 13.8. The fourth-order valence-electron chi connectivity index (χ4n) is 2.32. The van der Waals surface area contributed by atoms with Crippen molar-refractivity contribution in [2.45, 2.75) is 96.8 Å². The summed E-state index contributed by atoms with van der Waals surface area (Å²) in [5.74, 6) is -0.155. The van der Waals surface area contributed by atoms with Crippen LogP contribution in [-0.4, -0.2) is 5.91 Å². The molecule has 0 aromatic rings. The van der Waals surface area contributed by atoms with Crippen LogP contribution in [0.25, 0.3) is 0 Å². The molecule has 2 heteroatoms. The number of rotatable bonds is 14. The number of amides is 1. The first-order valence-electron chi connectivity index (χ1n) is 8.55. The molecule has 0 unspecified atom stereocenters. The Labute approximate surface area is 127 Å². The van der Waals surface area contributed by atoms with Crippen molar-refractivity contribution in [1.82, 2.24) is 0 Å². The van der Waals surface area contributed by atoms with E-state index in [1.807, 2.05) is 0 Å². The lowest BCUT2D eigenvalue weighted by atomic mass is 10.0. The molecular formula is C18H37NO. The third-order valence-corrected chi connectivity index (χ3v) is 3.53. The van der Waals surface area contributed by atoms with Crippen molar-refractivity contribution >= 4 is 5.91 Å². The van der Waals surface area contributed by atoms with E-state index in [-0.39, 0.29) is 5.91 Å². The van der Waals surface area contributed by atoms with Crippen molar-refractivity contribution in [2.75, 3.05) is 0 Å². The van der Waals surface area contributed by atoms with Crippen LogP contribution in [0.15, 0.2) is 13.2 Å². The van der Waals surface area contributed by atoms with Gasteiger partial charge in [0.2, 0.25) is 5.91 Å². The van der Waals surface area contributed by atoms with Crippen LogP contribution in [0.3, 0.4) is 0 Å². The highest BCUT2D eigenvalue weighted by molar-refractivity contribution is 5.73. The molecule has 0 bridgehead atoms. The lowest BCUT2D eigenvalue weighted by Gasteiger charge is -2.02. The normalized spacial score (nSPS) is 9.85. The van der Waals surface area contributed by atoms with Crippen LogP contribution in [0.2, 0.25) is 0 Å². The summed E-state index contributed by atoms with van der Waals surface area (Å²) in [4.78, 5) is 10.5. The molecule has 0 saturated carbocycles. The Morgan fingerprint density at radius 2 is 1.00 bits per heavy atom. The number of unbranched alkanes of at least 4 members (excludes halogenated alkanes) is 12. The predicted molar refractivity (Wildman–Crippen MR) is 90.8 cm³/mol. The van der Waals surface area contributed by atoms with Gasteiger partial charge in [-0.3, -0.25) is 4.79 Å². The third-order valence-electron chi connectivity index (χ3n) is 3.53. The van der Waals surface area contributed by atoms with Crippen molar-refractivity contribution in [3.05, 3.63) is 13.2 Å². The molecule has 0 saturated heterocycles. The number of hydrogen-bond donors (Lipinski definition) is 1. The summed E-state index contributed by atoms with van der Waals surface area (Å²) in [7, 11) is 0. The molecule has 20 heavy (non-hydrogen) atoms. The van der Waals surface area contributed by atoms with Gasteiger partial charge in [-0.25, -0.2) is 0 Å². The maximum Gasteiger partial charge on any atom is 0.217 e. The third kappa shape index (κ3) is 22.4. The van der Waals surface area contributed by atoms with E-state index in [0.29, 0.717) is 6.42 Å². The number of primary amides is 1. The van der Waals surface area contributed by atoms with Gasteiger partial charge in [-0.05, 0) is 6.42 Å². The molecule has 0 aliphatic heterocycles. The highest BCUT2D eigenvalue weighted by Gasteiger charge is 1.95. The fraction of sp³-hybridized carbons (Fsp3) is 0.833. The Morgan fingerprint density at radius 1 is 0.700 bits per heavy atom. The van der Waals surface area contributed by atoms with Crippen LogP contribution >= 0.6 is 0 Å². The topological polar surface area (TPSA) is 43.1 Å². The van der Waals surface area contributed by atoms with Crippen LogP contribution in [-0.2, 0) is 4.79 Å². The highest BCUT2D eigenvalue weighted by Crippen LogP contribution is 2.12. The minimum absolute atomic E-state index is 0.155. The van der Waals surface area contributed by atoms with Crippen LogP contribution in [0, 0.1) is 0 Å². The largest absolute Gasteiger partial charge is 0.370 e. The number of carbonyl (C=O) groups excluding carboxylic acids is 1. The second-order valence-electron chi connectivity index (χ2n) is 5.46. The van der Waals surface area contributed by atoms with Gasteiger partial charge in [0.05, 0.1) is 0 Å². The Morgan fingerprint density at radius 3 is 1.30 bits per heavy atom. The van der Waals surface area contributed by atoms with Crippen LogP contribution in [0.1, 0.15) is 96.8 Å². The number of hydrogen-bond acceptors (Lipinski definition) is 1. The molecule has 0 atom stereocenters. The summed E-state index contributed by atoms with van der Waals surface area (Å²) in [6, 6.07) is 0. The molecule has 0 rings (SSSR count). The molecule has 0 aliphatic carbocycles. The Hall–Kier alpha value is -0.790. The van der Waals surface area contributed by atoms with Gasteiger partial charge in [0, 0.05) is 6.42 Å². The average Bonchev–Trinajstić information content (AvgIpc) is 2.46. The Kier molecular flexibility index (Phi) is 22.1. The van der Waals surface area contributed by atoms with E-state index in [0.717, 1.165) is 6.42 Å². The minimum atomic E-state index is -0.155. The van der Waals surface area contributed by atoms with E-state index in [2.05, 4.69) is 20.1 Å². The molecular weight excluding hydrogens is 246 g/mol. The second-order valence-corrected chi connectivity index (χ2v) is 5.46. The average molecular weight is 283 g/mol. The summed E-state index contributed by atoms with van der Waals surface area (Å²) in [5.41, 5.74) is 5.09. The second kappa shape index (κ2) is 20.5. The summed E-state index contributed by atoms with van der Waals surface area (Å²) < 4.78 is 0. The quantitative estimate of drug-likeness (QED) is 0.320. The first-order chi connectivity index (χ1) is 9.77. The smallest absolute Gasteiger partial charge is 0.217 e. The molecule has 0 fully saturated rings. The number of nitrogens with two attached hydrogens (primary N) is 1. The van der Waals surface area contributed by atoms with Gasteiger partial charge in [-0.15, -0.1) is 13.2 Å². The monoisotopic (exact) mass is 283 g/mol. The minimum Gasteiger partial charge on any atom is -0.370 e. The van der Waals surface area contributed by atoms with Gasteiger partial charge < -0.3 is 5.73 Å². The van der Waals surface area contributed by atoms with Gasteiger partial charge in [0.25, 0.3) is 0 Å². The van der Waals surface area contributed by atoms with Crippen molar-refractivity contribution in [3.8, 4) is 0 Å². The molecule has 120 valence electrons. The van der Waals surface area contributed by atoms with E-state index >= 15 is 0 Å². The SMILES string of the molecule is C=C.CCCCCCCCCCCCCCCC(N)=O. The standard InChI is InChI=1S/C16H33NO.C2H4/c1-2-3-4-5-6-7-8-9-10-11-12-13-14-15-16(17)18;1-2/h2-15H2,1H3,(H2,17,18);1-2H2. The molecule has 0 aromatic heterocycles. The maximum absolute atomic E-state index is 10.5. The molecule has 0 radical (unpaired) electrons. The van der Waals surface area contributed by atoms with E-state index in [1.54, 1.807) is 0 Å². The summed E-state index contributed by atoms with van der Waals surface area (Å²) in [6.45, 7) is 8.27. The van der Waals surface area contributed by atoms with Gasteiger partial charge in [0.15, 0.2) is 0 Å². The molecule has 1 amide bonds. The molecule has 0 spiro atoms. The van der Waals surface area contributed by atoms with Crippen molar-refractivity contribution in [2.24, 2.45) is 5.73 Å². The molecule has 0 heterocycles. The first kappa shape index (κ1) is 21.5. The van der Waals surface area contributed by atoms with E-state index in [4.69, 9.17) is 5.73 Å². The lowest BCUT2D eigenvalue weighted by molar-refractivity contribution is -0.118. The summed E-state index contributed by atoms with van der Waals surface area (Å²) in [6.07, 6.45) is 17.9. The van der Waals surface area contributed by atoms with Crippen LogP contribution < -0.4 is 5.73 Å². The molecule has 0 aromatic carbocycles. The van der Waals surface area contributed by atoms with Gasteiger partial charge in [0.1, 0.15) is 0 Å². The molecule has 2 N–H and O–H groups in total. The van der Waals surface area contributed by atoms with Gasteiger partial charge in [-0.1, -0.05) is 84.0 Å². The maximum atomic E-state index is 10.5. The van der Waals surface area contributed by atoms with E-state index in [9.17, 15) is 4.79 Å². The van der Waals surface area contributed by atoms with Crippen molar-refractivity contribution in [3.63, 3.8) is 0 Å². The Balaban J connectivity index is 0. The Bertz CT molecular complexity index is 192. The van der Waals surface area contributed by atoms with Crippen LogP contribution in [0.5, 0.6) is 0 Å². The fourth-order valence-corrected chi connectivity index (χ4v) is 2.32. The lowest BCUT2D eigenvalue weighted by Crippen LogP contribution is -2.09. The van der Waals surface area contributed by atoms with E-state index in [1.165, 1.54) is 77.0 Å². The predicted octanol–water partition coefficient (Wildman–Crippen LogP) is 5.76. The van der Waals surface area contributed by atoms with Crippen LogP contribution in [0.4, 0.5) is 0 Å². The zero-order valence-corrected chi connectivity index (χ0v) is 13.8.